The fourth-order valence-electron chi connectivity index (χ4n) is 3.41. The van der Waals surface area contributed by atoms with Gasteiger partial charge < -0.3 is 19.6 Å². The van der Waals surface area contributed by atoms with E-state index in [1.807, 2.05) is 16.7 Å². The smallest absolute Gasteiger partial charge is 0.320 e. The van der Waals surface area contributed by atoms with Gasteiger partial charge in [-0.05, 0) is 33.1 Å². The van der Waals surface area contributed by atoms with Crippen LogP contribution in [0.5, 0.6) is 0 Å². The molecular weight excluding hydrogens is 322 g/mol. The fraction of sp³-hybridized carbons (Fsp3) is 0.706. The summed E-state index contributed by atoms with van der Waals surface area (Å²) in [5, 5.41) is 6.56. The van der Waals surface area contributed by atoms with E-state index in [0.29, 0.717) is 37.8 Å². The van der Waals surface area contributed by atoms with E-state index in [1.54, 1.807) is 13.0 Å². The summed E-state index contributed by atoms with van der Waals surface area (Å²) < 4.78 is 4.96. The second kappa shape index (κ2) is 7.86. The molecule has 1 aromatic rings. The maximum atomic E-state index is 12.5. The topological polar surface area (TPSA) is 81.9 Å². The van der Waals surface area contributed by atoms with E-state index in [0.717, 1.165) is 25.9 Å². The van der Waals surface area contributed by atoms with Crippen LogP contribution in [0.25, 0.3) is 0 Å². The van der Waals surface area contributed by atoms with Crippen molar-refractivity contribution in [2.45, 2.75) is 39.2 Å². The third-order valence-corrected chi connectivity index (χ3v) is 5.02. The minimum Gasteiger partial charge on any atom is -0.360 e. The molecule has 0 radical (unpaired) electrons. The number of nitrogens with zero attached hydrogens (tertiary/aromatic N) is 4. The molecule has 3 heterocycles. The monoisotopic (exact) mass is 349 g/mol. The number of piperidine rings is 1. The number of anilines is 1. The summed E-state index contributed by atoms with van der Waals surface area (Å²) in [6.07, 6.45) is 3.42. The number of rotatable bonds is 3. The SMILES string of the molecule is Cc1cc(NC(=O)C(C)N2CCN(C(=O)N3CCCCC3)CC2)no1. The summed E-state index contributed by atoms with van der Waals surface area (Å²) in [5.74, 6) is 0.991. The molecule has 138 valence electrons. The van der Waals surface area contributed by atoms with E-state index in [1.165, 1.54) is 6.42 Å². The second-order valence-corrected chi connectivity index (χ2v) is 6.84. The van der Waals surface area contributed by atoms with E-state index >= 15 is 0 Å². The molecule has 8 nitrogen and oxygen atoms in total. The first kappa shape index (κ1) is 17.7. The maximum Gasteiger partial charge on any atom is 0.320 e. The molecule has 2 fully saturated rings. The van der Waals surface area contributed by atoms with Crippen molar-refractivity contribution in [3.63, 3.8) is 0 Å². The Kier molecular flexibility index (Phi) is 5.57. The average molecular weight is 349 g/mol. The number of likely N-dealkylation sites (tertiary alicyclic amines) is 1. The van der Waals surface area contributed by atoms with Crippen LogP contribution in [0.3, 0.4) is 0 Å². The molecule has 1 N–H and O–H groups in total. The lowest BCUT2D eigenvalue weighted by molar-refractivity contribution is -0.121. The Labute approximate surface area is 148 Å². The Balaban J connectivity index is 1.47. The third-order valence-electron chi connectivity index (χ3n) is 5.02. The second-order valence-electron chi connectivity index (χ2n) is 6.84. The highest BCUT2D eigenvalue weighted by Crippen LogP contribution is 2.15. The molecule has 1 atom stereocenters. The van der Waals surface area contributed by atoms with Gasteiger partial charge in [0.2, 0.25) is 5.91 Å². The molecule has 0 aromatic carbocycles. The van der Waals surface area contributed by atoms with Gasteiger partial charge in [0.1, 0.15) is 5.76 Å². The lowest BCUT2D eigenvalue weighted by atomic mass is 10.1. The molecule has 2 aliphatic heterocycles. The molecule has 0 saturated carbocycles. The van der Waals surface area contributed by atoms with Crippen LogP contribution in [-0.2, 0) is 4.79 Å². The predicted octanol–water partition coefficient (Wildman–Crippen LogP) is 1.53. The van der Waals surface area contributed by atoms with E-state index in [2.05, 4.69) is 15.4 Å². The summed E-state index contributed by atoms with van der Waals surface area (Å²) in [6.45, 7) is 8.13. The van der Waals surface area contributed by atoms with Crippen LogP contribution < -0.4 is 5.32 Å². The Hall–Kier alpha value is -2.09. The van der Waals surface area contributed by atoms with Gasteiger partial charge in [-0.1, -0.05) is 5.16 Å². The maximum absolute atomic E-state index is 12.5. The molecule has 0 bridgehead atoms. The number of piperazine rings is 1. The molecule has 0 aliphatic carbocycles. The van der Waals surface area contributed by atoms with E-state index in [-0.39, 0.29) is 18.0 Å². The first-order valence-electron chi connectivity index (χ1n) is 9.06. The summed E-state index contributed by atoms with van der Waals surface area (Å²) in [5.41, 5.74) is 0. The molecule has 2 aliphatic rings. The zero-order valence-corrected chi connectivity index (χ0v) is 15.0. The van der Waals surface area contributed by atoms with Gasteiger partial charge in [-0.15, -0.1) is 0 Å². The molecule has 2 saturated heterocycles. The number of aromatic nitrogens is 1. The number of hydrogen-bond donors (Lipinski definition) is 1. The number of carbonyl (C=O) groups is 2. The Morgan fingerprint density at radius 1 is 1.08 bits per heavy atom. The lowest BCUT2D eigenvalue weighted by Gasteiger charge is -2.40. The van der Waals surface area contributed by atoms with Crippen molar-refractivity contribution in [3.05, 3.63) is 11.8 Å². The van der Waals surface area contributed by atoms with Crippen molar-refractivity contribution in [2.24, 2.45) is 0 Å². The van der Waals surface area contributed by atoms with Crippen LogP contribution in [0.2, 0.25) is 0 Å². The van der Waals surface area contributed by atoms with Gasteiger partial charge in [0.15, 0.2) is 5.82 Å². The highest BCUT2D eigenvalue weighted by atomic mass is 16.5. The normalized spacial score (nSPS) is 20.4. The van der Waals surface area contributed by atoms with Crippen molar-refractivity contribution in [1.29, 1.82) is 0 Å². The third kappa shape index (κ3) is 4.31. The van der Waals surface area contributed by atoms with Gasteiger partial charge in [-0.2, -0.15) is 0 Å². The standard InChI is InChI=1S/C17H27N5O3/c1-13-12-15(19-25-13)18-16(23)14(2)20-8-10-22(11-9-20)17(24)21-6-4-3-5-7-21/h12,14H,3-11H2,1-2H3,(H,18,19,23). The van der Waals surface area contributed by atoms with Crippen LogP contribution in [0.1, 0.15) is 31.9 Å². The van der Waals surface area contributed by atoms with Crippen LogP contribution in [0.15, 0.2) is 10.6 Å². The number of carbonyl (C=O) groups excluding carboxylic acids is 2. The first-order chi connectivity index (χ1) is 12.0. The van der Waals surface area contributed by atoms with Crippen molar-refractivity contribution >= 4 is 17.8 Å². The zero-order valence-electron chi connectivity index (χ0n) is 15.0. The Morgan fingerprint density at radius 3 is 2.32 bits per heavy atom. The number of amides is 3. The highest BCUT2D eigenvalue weighted by Gasteiger charge is 2.30. The average Bonchev–Trinajstić information content (AvgIpc) is 3.06. The van der Waals surface area contributed by atoms with Gasteiger partial charge >= 0.3 is 6.03 Å². The molecule has 0 spiro atoms. The first-order valence-corrected chi connectivity index (χ1v) is 9.06. The van der Waals surface area contributed by atoms with Gasteiger partial charge in [0.05, 0.1) is 6.04 Å². The van der Waals surface area contributed by atoms with Crippen LogP contribution in [-0.4, -0.2) is 77.1 Å². The minimum atomic E-state index is -0.274. The summed E-state index contributed by atoms with van der Waals surface area (Å²) in [6, 6.07) is 1.57. The van der Waals surface area contributed by atoms with Crippen LogP contribution in [0.4, 0.5) is 10.6 Å². The predicted molar refractivity (Wildman–Crippen MR) is 93.3 cm³/mol. The van der Waals surface area contributed by atoms with E-state index in [4.69, 9.17) is 4.52 Å². The van der Waals surface area contributed by atoms with E-state index < -0.39 is 0 Å². The number of nitrogens with one attached hydrogen (secondary N) is 1. The largest absolute Gasteiger partial charge is 0.360 e. The van der Waals surface area contributed by atoms with E-state index in [9.17, 15) is 9.59 Å². The quantitative estimate of drug-likeness (QED) is 0.895. The van der Waals surface area contributed by atoms with Crippen molar-refractivity contribution < 1.29 is 14.1 Å². The molecule has 3 amide bonds. The number of urea groups is 1. The fourth-order valence-corrected chi connectivity index (χ4v) is 3.41. The molecule has 8 heteroatoms. The Bertz CT molecular complexity index is 603. The van der Waals surface area contributed by atoms with Crippen LogP contribution in [0, 0.1) is 6.92 Å². The highest BCUT2D eigenvalue weighted by molar-refractivity contribution is 5.93. The van der Waals surface area contributed by atoms with Gasteiger partial charge in [0.25, 0.3) is 0 Å². The Morgan fingerprint density at radius 2 is 1.72 bits per heavy atom. The minimum absolute atomic E-state index is 0.107. The number of aryl methyl sites for hydroxylation is 1. The molecule has 1 aromatic heterocycles. The van der Waals surface area contributed by atoms with Crippen molar-refractivity contribution in [3.8, 4) is 0 Å². The summed E-state index contributed by atoms with van der Waals surface area (Å²) >= 11 is 0. The summed E-state index contributed by atoms with van der Waals surface area (Å²) in [4.78, 5) is 30.9. The van der Waals surface area contributed by atoms with Gasteiger partial charge in [0, 0.05) is 45.3 Å². The number of hydrogen-bond acceptors (Lipinski definition) is 5. The molecule has 1 unspecified atom stereocenters. The zero-order chi connectivity index (χ0) is 17.8. The van der Waals surface area contributed by atoms with Crippen molar-refractivity contribution in [2.75, 3.05) is 44.6 Å². The van der Waals surface area contributed by atoms with Gasteiger partial charge in [-0.25, -0.2) is 4.79 Å². The lowest BCUT2D eigenvalue weighted by Crippen LogP contribution is -2.56. The molecule has 25 heavy (non-hydrogen) atoms. The van der Waals surface area contributed by atoms with Crippen LogP contribution >= 0.6 is 0 Å². The molecule has 3 rings (SSSR count). The molecular formula is C17H27N5O3. The van der Waals surface area contributed by atoms with Crippen molar-refractivity contribution in [1.82, 2.24) is 19.9 Å². The summed E-state index contributed by atoms with van der Waals surface area (Å²) in [7, 11) is 0. The van der Waals surface area contributed by atoms with Gasteiger partial charge in [-0.3, -0.25) is 9.69 Å².